The summed E-state index contributed by atoms with van der Waals surface area (Å²) in [4.78, 5) is 12.2. The van der Waals surface area contributed by atoms with Gasteiger partial charge in [0.05, 0.1) is 13.2 Å². The molecule has 284 valence electrons. The number of hydrogen-bond donors (Lipinski definition) is 1. The molecule has 1 N–H and O–H groups in total. The van der Waals surface area contributed by atoms with Gasteiger partial charge in [0.25, 0.3) is 0 Å². The first kappa shape index (κ1) is 47.1. The maximum Gasteiger partial charge on any atom is 0.306 e. The Morgan fingerprint density at radius 2 is 0.898 bits per heavy atom. The SMILES string of the molecule is CC/C=C\C/C=C\C/C=C\C/C=C\C/C=C\CCCC(=O)OC(CO)COCCCCCCCCCCCCCCCCCCCCCC. The van der Waals surface area contributed by atoms with E-state index in [-0.39, 0.29) is 19.2 Å². The third kappa shape index (κ3) is 40.4. The van der Waals surface area contributed by atoms with Crippen LogP contribution in [0.5, 0.6) is 0 Å². The van der Waals surface area contributed by atoms with E-state index >= 15 is 0 Å². The van der Waals surface area contributed by atoms with Crippen molar-refractivity contribution in [3.05, 3.63) is 60.8 Å². The molecular formula is C45H80O4. The lowest BCUT2D eigenvalue weighted by Gasteiger charge is -2.15. The van der Waals surface area contributed by atoms with Gasteiger partial charge in [0.15, 0.2) is 0 Å². The van der Waals surface area contributed by atoms with Crippen LogP contribution in [0.1, 0.15) is 194 Å². The highest BCUT2D eigenvalue weighted by molar-refractivity contribution is 5.69. The van der Waals surface area contributed by atoms with E-state index in [0.717, 1.165) is 51.4 Å². The van der Waals surface area contributed by atoms with Crippen molar-refractivity contribution in [2.75, 3.05) is 19.8 Å². The predicted octanol–water partition coefficient (Wildman–Crippen LogP) is 13.7. The highest BCUT2D eigenvalue weighted by Gasteiger charge is 2.13. The number of carbonyl (C=O) groups is 1. The van der Waals surface area contributed by atoms with E-state index in [2.05, 4.69) is 74.6 Å². The van der Waals surface area contributed by atoms with Crippen LogP contribution in [0.15, 0.2) is 60.8 Å². The van der Waals surface area contributed by atoms with Crippen molar-refractivity contribution >= 4 is 5.97 Å². The number of aliphatic hydroxyl groups excluding tert-OH is 1. The average Bonchev–Trinajstić information content (AvgIpc) is 3.11. The third-order valence-electron chi connectivity index (χ3n) is 8.86. The smallest absolute Gasteiger partial charge is 0.306 e. The van der Waals surface area contributed by atoms with E-state index in [1.54, 1.807) is 0 Å². The number of esters is 1. The highest BCUT2D eigenvalue weighted by atomic mass is 16.6. The molecule has 0 radical (unpaired) electrons. The van der Waals surface area contributed by atoms with Gasteiger partial charge in [-0.1, -0.05) is 197 Å². The zero-order valence-electron chi connectivity index (χ0n) is 32.4. The van der Waals surface area contributed by atoms with E-state index in [9.17, 15) is 9.90 Å². The van der Waals surface area contributed by atoms with Gasteiger partial charge < -0.3 is 14.6 Å². The predicted molar refractivity (Wildman–Crippen MR) is 214 cm³/mol. The maximum absolute atomic E-state index is 12.2. The fourth-order valence-electron chi connectivity index (χ4n) is 5.78. The molecule has 0 aromatic heterocycles. The number of carbonyl (C=O) groups excluding carboxylic acids is 1. The largest absolute Gasteiger partial charge is 0.457 e. The third-order valence-corrected chi connectivity index (χ3v) is 8.86. The quantitative estimate of drug-likeness (QED) is 0.0399. The minimum Gasteiger partial charge on any atom is -0.457 e. The van der Waals surface area contributed by atoms with Gasteiger partial charge in [-0.2, -0.15) is 0 Å². The number of allylic oxidation sites excluding steroid dienone is 10. The van der Waals surface area contributed by atoms with Crippen LogP contribution in [0.3, 0.4) is 0 Å². The van der Waals surface area contributed by atoms with Crippen LogP contribution in [-0.4, -0.2) is 37.0 Å². The molecule has 1 unspecified atom stereocenters. The van der Waals surface area contributed by atoms with Crippen molar-refractivity contribution in [2.45, 2.75) is 200 Å². The van der Waals surface area contributed by atoms with Crippen LogP contribution in [-0.2, 0) is 14.3 Å². The van der Waals surface area contributed by atoms with E-state index in [4.69, 9.17) is 9.47 Å². The summed E-state index contributed by atoms with van der Waals surface area (Å²) in [6.45, 7) is 5.19. The molecule has 0 aromatic rings. The summed E-state index contributed by atoms with van der Waals surface area (Å²) in [6.07, 6.45) is 55.7. The first-order chi connectivity index (χ1) is 24.2. The monoisotopic (exact) mass is 685 g/mol. The molecule has 0 aromatic carbocycles. The molecule has 0 aliphatic rings. The Morgan fingerprint density at radius 1 is 0.510 bits per heavy atom. The lowest BCUT2D eigenvalue weighted by molar-refractivity contribution is -0.154. The van der Waals surface area contributed by atoms with E-state index in [1.807, 2.05) is 0 Å². The number of aliphatic hydroxyl groups is 1. The second-order valence-corrected chi connectivity index (χ2v) is 13.7. The average molecular weight is 685 g/mol. The molecule has 1 atom stereocenters. The first-order valence-corrected chi connectivity index (χ1v) is 20.9. The van der Waals surface area contributed by atoms with Crippen LogP contribution in [0, 0.1) is 0 Å². The van der Waals surface area contributed by atoms with Crippen LogP contribution in [0.25, 0.3) is 0 Å². The number of ether oxygens (including phenoxy) is 2. The van der Waals surface area contributed by atoms with Gasteiger partial charge in [-0.05, 0) is 51.4 Å². The summed E-state index contributed by atoms with van der Waals surface area (Å²) >= 11 is 0. The summed E-state index contributed by atoms with van der Waals surface area (Å²) in [7, 11) is 0. The first-order valence-electron chi connectivity index (χ1n) is 20.9. The van der Waals surface area contributed by atoms with Gasteiger partial charge in [-0.25, -0.2) is 0 Å². The van der Waals surface area contributed by atoms with Crippen LogP contribution >= 0.6 is 0 Å². The minimum absolute atomic E-state index is 0.195. The van der Waals surface area contributed by atoms with Gasteiger partial charge in [0.2, 0.25) is 0 Å². The van der Waals surface area contributed by atoms with Crippen LogP contribution in [0.2, 0.25) is 0 Å². The Labute approximate surface area is 305 Å². The van der Waals surface area contributed by atoms with Crippen molar-refractivity contribution in [2.24, 2.45) is 0 Å². The summed E-state index contributed by atoms with van der Waals surface area (Å²) in [6, 6.07) is 0. The number of rotatable bonds is 38. The Kier molecular flexibility index (Phi) is 40.6. The molecule has 0 rings (SSSR count). The van der Waals surface area contributed by atoms with Gasteiger partial charge in [-0.3, -0.25) is 4.79 Å². The number of unbranched alkanes of at least 4 members (excludes halogenated alkanes) is 20. The maximum atomic E-state index is 12.2. The molecule has 0 spiro atoms. The summed E-state index contributed by atoms with van der Waals surface area (Å²) in [5.74, 6) is -0.256. The molecule has 0 amide bonds. The van der Waals surface area contributed by atoms with Gasteiger partial charge in [0.1, 0.15) is 6.10 Å². The molecule has 0 fully saturated rings. The molecule has 0 saturated carbocycles. The Morgan fingerprint density at radius 3 is 1.31 bits per heavy atom. The summed E-state index contributed by atoms with van der Waals surface area (Å²) in [5.41, 5.74) is 0. The van der Waals surface area contributed by atoms with Crippen molar-refractivity contribution in [1.82, 2.24) is 0 Å². The van der Waals surface area contributed by atoms with Crippen molar-refractivity contribution in [3.63, 3.8) is 0 Å². The fraction of sp³-hybridized carbons (Fsp3) is 0.756. The molecule has 0 bridgehead atoms. The van der Waals surface area contributed by atoms with Gasteiger partial charge in [-0.15, -0.1) is 0 Å². The van der Waals surface area contributed by atoms with Crippen LogP contribution < -0.4 is 0 Å². The molecule has 0 heterocycles. The van der Waals surface area contributed by atoms with Crippen LogP contribution in [0.4, 0.5) is 0 Å². The Balaban J connectivity index is 3.50. The van der Waals surface area contributed by atoms with Crippen molar-refractivity contribution in [1.29, 1.82) is 0 Å². The summed E-state index contributed by atoms with van der Waals surface area (Å²) < 4.78 is 11.1. The van der Waals surface area contributed by atoms with E-state index in [1.165, 1.54) is 122 Å². The molecule has 49 heavy (non-hydrogen) atoms. The molecular weight excluding hydrogens is 604 g/mol. The second kappa shape index (κ2) is 42.3. The molecule has 4 nitrogen and oxygen atoms in total. The Bertz CT molecular complexity index is 809. The lowest BCUT2D eigenvalue weighted by Crippen LogP contribution is -2.27. The minimum atomic E-state index is -0.564. The second-order valence-electron chi connectivity index (χ2n) is 13.7. The topological polar surface area (TPSA) is 55.8 Å². The van der Waals surface area contributed by atoms with Crippen molar-refractivity contribution in [3.8, 4) is 0 Å². The van der Waals surface area contributed by atoms with Gasteiger partial charge >= 0.3 is 5.97 Å². The number of hydrogen-bond acceptors (Lipinski definition) is 4. The lowest BCUT2D eigenvalue weighted by atomic mass is 10.0. The molecule has 4 heteroatoms. The molecule has 0 aliphatic heterocycles. The van der Waals surface area contributed by atoms with Crippen molar-refractivity contribution < 1.29 is 19.4 Å². The highest BCUT2D eigenvalue weighted by Crippen LogP contribution is 2.15. The molecule has 0 aliphatic carbocycles. The van der Waals surface area contributed by atoms with Gasteiger partial charge in [0, 0.05) is 13.0 Å². The standard InChI is InChI=1S/C45H80O4/c1-3-5-7-9-11-13-15-17-19-21-22-23-25-27-29-31-33-35-37-39-41-48-43-44(42-46)49-45(47)40-38-36-34-32-30-28-26-24-20-18-16-14-12-10-8-6-4-2/h6,8,12,14,18,20,26,28,32,34,44,46H,3-5,7,9-11,13,15-17,19,21-25,27,29-31,33,35-43H2,1-2H3/b8-6-,14-12-,20-18-,28-26-,34-32-. The van der Waals surface area contributed by atoms with E-state index in [0.29, 0.717) is 13.0 Å². The normalized spacial score (nSPS) is 13.0. The van der Waals surface area contributed by atoms with E-state index < -0.39 is 6.10 Å². The fourth-order valence-corrected chi connectivity index (χ4v) is 5.78. The molecule has 0 saturated heterocycles. The Hall–Kier alpha value is -1.91. The summed E-state index contributed by atoms with van der Waals surface area (Å²) in [5, 5.41) is 9.58. The zero-order chi connectivity index (χ0) is 35.6. The zero-order valence-corrected chi connectivity index (χ0v) is 32.4.